The zero-order chi connectivity index (χ0) is 12.7. The van der Waals surface area contributed by atoms with Crippen molar-refractivity contribution < 1.29 is 0 Å². The van der Waals surface area contributed by atoms with Crippen LogP contribution in [0, 0.1) is 0 Å². The molecule has 0 bridgehead atoms. The van der Waals surface area contributed by atoms with E-state index in [0.29, 0.717) is 0 Å². The monoisotopic (exact) mass is 246 g/mol. The standard InChI is InChI=1S/C19H18/c1-2-5-14(6-3-1)11-15-12-17-10-9-16-7-4-8-18(16)19(17)13-15/h1-3,5-6,9,12-13H,4,7-8,10-11H2. The van der Waals surface area contributed by atoms with Crippen LogP contribution in [-0.2, 0) is 6.42 Å². The fourth-order valence-corrected chi connectivity index (χ4v) is 3.54. The van der Waals surface area contributed by atoms with Crippen LogP contribution in [0.5, 0.6) is 0 Å². The van der Waals surface area contributed by atoms with Crippen LogP contribution in [0.25, 0.3) is 0 Å². The molecular weight excluding hydrogens is 228 g/mol. The van der Waals surface area contributed by atoms with Crippen LogP contribution in [-0.4, -0.2) is 0 Å². The molecule has 0 aliphatic heterocycles. The quantitative estimate of drug-likeness (QED) is 0.695. The van der Waals surface area contributed by atoms with Crippen molar-refractivity contribution in [3.05, 3.63) is 82.0 Å². The summed E-state index contributed by atoms with van der Waals surface area (Å²) < 4.78 is 0. The van der Waals surface area contributed by atoms with Crippen LogP contribution in [0.3, 0.4) is 0 Å². The highest BCUT2D eigenvalue weighted by atomic mass is 14.3. The molecule has 19 heavy (non-hydrogen) atoms. The fraction of sp³-hybridized carbons (Fsp3) is 0.263. The van der Waals surface area contributed by atoms with Gasteiger partial charge in [0.2, 0.25) is 0 Å². The Morgan fingerprint density at radius 1 is 0.895 bits per heavy atom. The van der Waals surface area contributed by atoms with E-state index >= 15 is 0 Å². The Morgan fingerprint density at radius 3 is 2.68 bits per heavy atom. The third-order valence-corrected chi connectivity index (χ3v) is 4.44. The van der Waals surface area contributed by atoms with E-state index in [1.54, 1.807) is 22.3 Å². The predicted octanol–water partition coefficient (Wildman–Crippen LogP) is 4.91. The number of benzene rings is 1. The van der Waals surface area contributed by atoms with Crippen LogP contribution in [0.2, 0.25) is 0 Å². The largest absolute Gasteiger partial charge is 0.0766 e. The summed E-state index contributed by atoms with van der Waals surface area (Å²) in [6.07, 6.45) is 13.5. The Labute approximate surface area is 114 Å². The van der Waals surface area contributed by atoms with Gasteiger partial charge in [-0.25, -0.2) is 0 Å². The maximum Gasteiger partial charge on any atom is -0.00254 e. The van der Waals surface area contributed by atoms with E-state index in [1.165, 1.54) is 30.4 Å². The van der Waals surface area contributed by atoms with Crippen LogP contribution >= 0.6 is 0 Å². The third-order valence-electron chi connectivity index (χ3n) is 4.44. The first-order valence-corrected chi connectivity index (χ1v) is 7.28. The Balaban J connectivity index is 1.66. The minimum absolute atomic E-state index is 1.07. The van der Waals surface area contributed by atoms with Gasteiger partial charge in [-0.05, 0) is 65.5 Å². The maximum absolute atomic E-state index is 2.46. The van der Waals surface area contributed by atoms with Crippen molar-refractivity contribution >= 4 is 0 Å². The van der Waals surface area contributed by atoms with E-state index in [9.17, 15) is 0 Å². The third kappa shape index (κ3) is 1.92. The Hall–Kier alpha value is -1.82. The zero-order valence-electron chi connectivity index (χ0n) is 11.2. The van der Waals surface area contributed by atoms with Gasteiger partial charge in [-0.1, -0.05) is 48.6 Å². The first-order chi connectivity index (χ1) is 9.40. The minimum atomic E-state index is 1.07. The smallest absolute Gasteiger partial charge is 0.00254 e. The van der Waals surface area contributed by atoms with Crippen molar-refractivity contribution in [2.24, 2.45) is 0 Å². The van der Waals surface area contributed by atoms with Gasteiger partial charge in [0.15, 0.2) is 0 Å². The summed E-state index contributed by atoms with van der Waals surface area (Å²) in [5.41, 5.74) is 9.26. The number of hydrogen-bond acceptors (Lipinski definition) is 0. The second kappa shape index (κ2) is 4.38. The summed E-state index contributed by atoms with van der Waals surface area (Å²) in [7, 11) is 0. The number of fused-ring (bicyclic) bond motifs is 2. The molecular formula is C19H18. The van der Waals surface area contributed by atoms with E-state index in [2.05, 4.69) is 48.6 Å². The molecule has 3 aliphatic rings. The lowest BCUT2D eigenvalue weighted by Crippen LogP contribution is -1.95. The molecule has 1 fully saturated rings. The average molecular weight is 246 g/mol. The van der Waals surface area contributed by atoms with Crippen molar-refractivity contribution in [2.45, 2.75) is 32.1 Å². The summed E-state index contributed by atoms with van der Waals surface area (Å²) >= 11 is 0. The van der Waals surface area contributed by atoms with E-state index in [-0.39, 0.29) is 0 Å². The minimum Gasteiger partial charge on any atom is -0.0766 e. The molecule has 0 nitrogen and oxygen atoms in total. The molecule has 4 rings (SSSR count). The van der Waals surface area contributed by atoms with E-state index in [1.807, 2.05) is 0 Å². The van der Waals surface area contributed by atoms with Gasteiger partial charge in [0.25, 0.3) is 0 Å². The fourth-order valence-electron chi connectivity index (χ4n) is 3.54. The topological polar surface area (TPSA) is 0 Å². The van der Waals surface area contributed by atoms with E-state index < -0.39 is 0 Å². The lowest BCUT2D eigenvalue weighted by Gasteiger charge is -2.14. The first kappa shape index (κ1) is 11.0. The zero-order valence-corrected chi connectivity index (χ0v) is 11.2. The second-order valence-corrected chi connectivity index (χ2v) is 5.73. The molecule has 0 unspecified atom stereocenters. The lowest BCUT2D eigenvalue weighted by molar-refractivity contribution is 0.931. The van der Waals surface area contributed by atoms with Crippen LogP contribution in [0.4, 0.5) is 0 Å². The van der Waals surface area contributed by atoms with Gasteiger partial charge in [-0.15, -0.1) is 0 Å². The highest BCUT2D eigenvalue weighted by Crippen LogP contribution is 2.43. The van der Waals surface area contributed by atoms with Gasteiger partial charge >= 0.3 is 0 Å². The van der Waals surface area contributed by atoms with Gasteiger partial charge in [-0.3, -0.25) is 0 Å². The predicted molar refractivity (Wildman–Crippen MR) is 79.9 cm³/mol. The average Bonchev–Trinajstić information content (AvgIpc) is 3.04. The molecule has 0 amide bonds. The van der Waals surface area contributed by atoms with Crippen LogP contribution in [0.1, 0.15) is 31.2 Å². The molecule has 0 aromatic heterocycles. The van der Waals surface area contributed by atoms with Crippen molar-refractivity contribution in [1.82, 2.24) is 0 Å². The molecule has 3 aliphatic carbocycles. The van der Waals surface area contributed by atoms with E-state index in [0.717, 1.165) is 12.8 Å². The van der Waals surface area contributed by atoms with Gasteiger partial charge in [0.1, 0.15) is 0 Å². The molecule has 0 radical (unpaired) electrons. The Morgan fingerprint density at radius 2 is 1.79 bits per heavy atom. The number of rotatable bonds is 2. The van der Waals surface area contributed by atoms with Crippen LogP contribution < -0.4 is 0 Å². The van der Waals surface area contributed by atoms with Crippen molar-refractivity contribution in [2.75, 3.05) is 0 Å². The summed E-state index contributed by atoms with van der Waals surface area (Å²) in [4.78, 5) is 0. The molecule has 0 N–H and O–H groups in total. The molecule has 0 heteroatoms. The molecule has 1 aromatic rings. The SMILES string of the molecule is C1=C(Cc2ccccc2)C=C2CC=C3CCCC3=C12. The molecule has 0 atom stereocenters. The highest BCUT2D eigenvalue weighted by molar-refractivity contribution is 5.63. The number of hydrogen-bond donors (Lipinski definition) is 0. The van der Waals surface area contributed by atoms with Gasteiger partial charge in [-0.2, -0.15) is 0 Å². The first-order valence-electron chi connectivity index (χ1n) is 7.28. The second-order valence-electron chi connectivity index (χ2n) is 5.73. The molecule has 1 aromatic carbocycles. The molecule has 0 spiro atoms. The molecule has 1 saturated carbocycles. The van der Waals surface area contributed by atoms with Crippen LogP contribution in [0.15, 0.2) is 76.4 Å². The van der Waals surface area contributed by atoms with Crippen molar-refractivity contribution in [1.29, 1.82) is 0 Å². The summed E-state index contributed by atoms with van der Waals surface area (Å²) in [6.45, 7) is 0. The lowest BCUT2D eigenvalue weighted by atomic mass is 9.91. The van der Waals surface area contributed by atoms with Gasteiger partial charge < -0.3 is 0 Å². The van der Waals surface area contributed by atoms with E-state index in [4.69, 9.17) is 0 Å². The summed E-state index contributed by atoms with van der Waals surface area (Å²) in [5, 5.41) is 0. The maximum atomic E-state index is 2.46. The highest BCUT2D eigenvalue weighted by Gasteiger charge is 2.25. The molecule has 0 saturated heterocycles. The van der Waals surface area contributed by atoms with Gasteiger partial charge in [0.05, 0.1) is 0 Å². The molecule has 0 heterocycles. The Bertz CT molecular complexity index is 636. The molecule has 94 valence electrons. The van der Waals surface area contributed by atoms with Crippen molar-refractivity contribution in [3.63, 3.8) is 0 Å². The number of allylic oxidation sites excluding steroid dienone is 8. The Kier molecular flexibility index (Phi) is 2.55. The van der Waals surface area contributed by atoms with Crippen molar-refractivity contribution in [3.8, 4) is 0 Å². The normalized spacial score (nSPS) is 20.7. The summed E-state index contributed by atoms with van der Waals surface area (Å²) in [6, 6.07) is 10.8. The van der Waals surface area contributed by atoms with Gasteiger partial charge in [0, 0.05) is 0 Å². The summed E-state index contributed by atoms with van der Waals surface area (Å²) in [5.74, 6) is 0.